The summed E-state index contributed by atoms with van der Waals surface area (Å²) in [6, 6.07) is 0. The van der Waals surface area contributed by atoms with Crippen LogP contribution in [0.2, 0.25) is 0 Å². The molecule has 2 fully saturated rings. The van der Waals surface area contributed by atoms with Crippen molar-refractivity contribution >= 4 is 16.1 Å². The number of hydrogen-bond acceptors (Lipinski definition) is 3. The van der Waals surface area contributed by atoms with E-state index in [1.165, 1.54) is 4.31 Å². The van der Waals surface area contributed by atoms with Gasteiger partial charge in [-0.25, -0.2) is 0 Å². The lowest BCUT2D eigenvalue weighted by Gasteiger charge is -2.38. The third kappa shape index (κ3) is 3.15. The summed E-state index contributed by atoms with van der Waals surface area (Å²) in [5, 5.41) is 2.87. The first-order valence-corrected chi connectivity index (χ1v) is 8.77. The van der Waals surface area contributed by atoms with Crippen LogP contribution < -0.4 is 5.32 Å². The first-order valence-electron chi connectivity index (χ1n) is 7.38. The Labute approximate surface area is 121 Å². The standard InChI is InChI=1S/C13H25N3O3S/c1-3-4-7-15(2)20(18,19)16-8-5-13(6-9-16)10-12(17)14-11-13/h3-11H2,1-2H3,(H,14,17). The van der Waals surface area contributed by atoms with Crippen molar-refractivity contribution in [3.63, 3.8) is 0 Å². The molecule has 1 spiro atoms. The minimum Gasteiger partial charge on any atom is -0.356 e. The highest BCUT2D eigenvalue weighted by molar-refractivity contribution is 7.86. The molecule has 2 heterocycles. The van der Waals surface area contributed by atoms with Crippen molar-refractivity contribution in [1.29, 1.82) is 0 Å². The van der Waals surface area contributed by atoms with Crippen molar-refractivity contribution < 1.29 is 13.2 Å². The number of nitrogens with zero attached hydrogens (tertiary/aromatic N) is 2. The third-order valence-corrected chi connectivity index (χ3v) is 6.51. The molecule has 6 nitrogen and oxygen atoms in total. The van der Waals surface area contributed by atoms with E-state index < -0.39 is 10.2 Å². The van der Waals surface area contributed by atoms with Crippen LogP contribution in [0, 0.1) is 5.41 Å². The number of nitrogens with one attached hydrogen (secondary N) is 1. The van der Waals surface area contributed by atoms with E-state index in [0.717, 1.165) is 25.7 Å². The van der Waals surface area contributed by atoms with E-state index in [1.807, 2.05) is 0 Å². The average Bonchev–Trinajstić information content (AvgIpc) is 2.77. The summed E-state index contributed by atoms with van der Waals surface area (Å²) in [7, 11) is -1.68. The number of carbonyl (C=O) groups is 1. The van der Waals surface area contributed by atoms with E-state index in [0.29, 0.717) is 32.6 Å². The van der Waals surface area contributed by atoms with Gasteiger partial charge in [0.2, 0.25) is 5.91 Å². The second-order valence-corrected chi connectivity index (χ2v) is 8.07. The SMILES string of the molecule is CCCCN(C)S(=O)(=O)N1CCC2(CC1)CNC(=O)C2. The van der Waals surface area contributed by atoms with Gasteiger partial charge in [-0.15, -0.1) is 0 Å². The first-order chi connectivity index (χ1) is 9.39. The molecule has 0 aliphatic carbocycles. The minimum absolute atomic E-state index is 0.00884. The van der Waals surface area contributed by atoms with Gasteiger partial charge in [-0.1, -0.05) is 13.3 Å². The molecule has 0 radical (unpaired) electrons. The van der Waals surface area contributed by atoms with Crippen LogP contribution in [0.15, 0.2) is 0 Å². The zero-order valence-electron chi connectivity index (χ0n) is 12.4. The van der Waals surface area contributed by atoms with E-state index in [2.05, 4.69) is 12.2 Å². The molecular formula is C13H25N3O3S. The molecule has 7 heteroatoms. The van der Waals surface area contributed by atoms with Crippen LogP contribution >= 0.6 is 0 Å². The van der Waals surface area contributed by atoms with Gasteiger partial charge < -0.3 is 5.32 Å². The lowest BCUT2D eigenvalue weighted by atomic mass is 9.78. The Kier molecular flexibility index (Phi) is 4.71. The molecule has 0 unspecified atom stereocenters. The molecule has 20 heavy (non-hydrogen) atoms. The second kappa shape index (κ2) is 5.99. The van der Waals surface area contributed by atoms with Gasteiger partial charge in [0, 0.05) is 39.6 Å². The molecular weight excluding hydrogens is 278 g/mol. The topological polar surface area (TPSA) is 69.7 Å². The van der Waals surface area contributed by atoms with Crippen LogP contribution in [-0.2, 0) is 15.0 Å². The predicted octanol–water partition coefficient (Wildman–Crippen LogP) is 0.565. The summed E-state index contributed by atoms with van der Waals surface area (Å²) in [5.41, 5.74) is -0.00884. The number of hydrogen-bond donors (Lipinski definition) is 1. The quantitative estimate of drug-likeness (QED) is 0.807. The molecule has 0 aromatic heterocycles. The molecule has 1 N–H and O–H groups in total. The Balaban J connectivity index is 1.94. The van der Waals surface area contributed by atoms with Gasteiger partial charge in [-0.2, -0.15) is 17.0 Å². The van der Waals surface area contributed by atoms with Gasteiger partial charge in [0.1, 0.15) is 0 Å². The largest absolute Gasteiger partial charge is 0.356 e. The number of piperidine rings is 1. The van der Waals surface area contributed by atoms with Crippen molar-refractivity contribution in [2.75, 3.05) is 33.2 Å². The highest BCUT2D eigenvalue weighted by Gasteiger charge is 2.43. The molecule has 116 valence electrons. The van der Waals surface area contributed by atoms with Gasteiger partial charge >= 0.3 is 0 Å². The predicted molar refractivity (Wildman–Crippen MR) is 77.3 cm³/mol. The van der Waals surface area contributed by atoms with Crippen molar-refractivity contribution in [3.8, 4) is 0 Å². The fourth-order valence-electron chi connectivity index (χ4n) is 2.99. The summed E-state index contributed by atoms with van der Waals surface area (Å²) < 4.78 is 27.9. The molecule has 2 aliphatic rings. The maximum atomic E-state index is 12.4. The highest BCUT2D eigenvalue weighted by atomic mass is 32.2. The second-order valence-electron chi connectivity index (χ2n) is 6.04. The molecule has 0 aromatic rings. The molecule has 0 bridgehead atoms. The summed E-state index contributed by atoms with van der Waals surface area (Å²) in [4.78, 5) is 11.4. The van der Waals surface area contributed by atoms with Crippen LogP contribution in [0.4, 0.5) is 0 Å². The van der Waals surface area contributed by atoms with Crippen LogP contribution in [0.1, 0.15) is 39.0 Å². The Morgan fingerprint density at radius 1 is 1.35 bits per heavy atom. The van der Waals surface area contributed by atoms with E-state index in [4.69, 9.17) is 0 Å². The Morgan fingerprint density at radius 2 is 2.00 bits per heavy atom. The van der Waals surface area contributed by atoms with E-state index in [1.54, 1.807) is 11.4 Å². The molecule has 0 saturated carbocycles. The maximum Gasteiger partial charge on any atom is 0.281 e. The van der Waals surface area contributed by atoms with Crippen LogP contribution in [-0.4, -0.2) is 56.2 Å². The Bertz CT molecular complexity index is 455. The van der Waals surface area contributed by atoms with Crippen LogP contribution in [0.5, 0.6) is 0 Å². The number of carbonyl (C=O) groups excluding carboxylic acids is 1. The molecule has 1 amide bonds. The number of rotatable bonds is 5. The summed E-state index contributed by atoms with van der Waals surface area (Å²) in [6.45, 7) is 4.36. The fraction of sp³-hybridized carbons (Fsp3) is 0.923. The van der Waals surface area contributed by atoms with Gasteiger partial charge in [0.15, 0.2) is 0 Å². The van der Waals surface area contributed by atoms with Gasteiger partial charge in [0.05, 0.1) is 0 Å². The minimum atomic E-state index is -3.33. The molecule has 2 rings (SSSR count). The summed E-state index contributed by atoms with van der Waals surface area (Å²) >= 11 is 0. The molecule has 2 aliphatic heterocycles. The average molecular weight is 303 g/mol. The first kappa shape index (κ1) is 15.7. The Morgan fingerprint density at radius 3 is 2.50 bits per heavy atom. The van der Waals surface area contributed by atoms with Gasteiger partial charge in [-0.05, 0) is 24.7 Å². The van der Waals surface area contributed by atoms with Crippen molar-refractivity contribution in [1.82, 2.24) is 13.9 Å². The van der Waals surface area contributed by atoms with Gasteiger partial charge in [0.25, 0.3) is 10.2 Å². The maximum absolute atomic E-state index is 12.4. The third-order valence-electron chi connectivity index (χ3n) is 4.53. The smallest absolute Gasteiger partial charge is 0.281 e. The molecule has 0 aromatic carbocycles. The number of unbranched alkanes of at least 4 members (excludes halogenated alkanes) is 1. The highest BCUT2D eigenvalue weighted by Crippen LogP contribution is 2.38. The lowest BCUT2D eigenvalue weighted by molar-refractivity contribution is -0.119. The van der Waals surface area contributed by atoms with Gasteiger partial charge in [-0.3, -0.25) is 4.79 Å². The normalized spacial score (nSPS) is 23.4. The lowest BCUT2D eigenvalue weighted by Crippen LogP contribution is -2.48. The van der Waals surface area contributed by atoms with E-state index in [9.17, 15) is 13.2 Å². The number of amides is 1. The fourth-order valence-corrected chi connectivity index (χ4v) is 4.39. The summed E-state index contributed by atoms with van der Waals surface area (Å²) in [5.74, 6) is 0.0985. The van der Waals surface area contributed by atoms with Crippen molar-refractivity contribution in [2.24, 2.45) is 5.41 Å². The van der Waals surface area contributed by atoms with Crippen molar-refractivity contribution in [2.45, 2.75) is 39.0 Å². The van der Waals surface area contributed by atoms with Crippen LogP contribution in [0.25, 0.3) is 0 Å². The Hall–Kier alpha value is -0.660. The molecule has 2 saturated heterocycles. The van der Waals surface area contributed by atoms with Crippen molar-refractivity contribution in [3.05, 3.63) is 0 Å². The summed E-state index contributed by atoms with van der Waals surface area (Å²) in [6.07, 6.45) is 3.95. The van der Waals surface area contributed by atoms with E-state index >= 15 is 0 Å². The van der Waals surface area contributed by atoms with Crippen LogP contribution in [0.3, 0.4) is 0 Å². The monoisotopic (exact) mass is 303 g/mol. The zero-order chi connectivity index (χ0) is 14.8. The van der Waals surface area contributed by atoms with E-state index in [-0.39, 0.29) is 11.3 Å². The zero-order valence-corrected chi connectivity index (χ0v) is 13.2. The molecule has 0 atom stereocenters.